The number of rotatable bonds is 3. The van der Waals surface area contributed by atoms with Gasteiger partial charge >= 0.3 is 11.8 Å². The van der Waals surface area contributed by atoms with Crippen LogP contribution in [0.1, 0.15) is 27.8 Å². The van der Waals surface area contributed by atoms with Crippen LogP contribution in [0.15, 0.2) is 54.6 Å². The fourth-order valence-electron chi connectivity index (χ4n) is 3.62. The largest absolute Gasteiger partial charge is 0.351 e. The van der Waals surface area contributed by atoms with Gasteiger partial charge in [-0.05, 0) is 31.2 Å². The summed E-state index contributed by atoms with van der Waals surface area (Å²) in [5.41, 5.74) is 2.24. The van der Waals surface area contributed by atoms with Gasteiger partial charge in [0.1, 0.15) is 5.69 Å². The number of fused-ring (bicyclic) bond motifs is 1. The number of Topliss-reactive ketones (excluding diaryl/α,β-unsaturated/α-hetero) is 1. The summed E-state index contributed by atoms with van der Waals surface area (Å²) in [7, 11) is 0. The standard InChI is InChI=1S/C23H22N4O4/c1-15(28)16-6-4-7-18(13-16)24-21(29)23(31)27-11-9-26(10-12-27)22(30)20-14-17-5-2-3-8-19(17)25-20/h2-8,13-14,25H,9-12H2,1H3,(H,24,29). The summed E-state index contributed by atoms with van der Waals surface area (Å²) in [6.45, 7) is 2.65. The molecule has 1 aromatic heterocycles. The minimum absolute atomic E-state index is 0.127. The van der Waals surface area contributed by atoms with Crippen molar-refractivity contribution in [3.63, 3.8) is 0 Å². The second kappa shape index (κ2) is 8.43. The Morgan fingerprint density at radius 3 is 2.29 bits per heavy atom. The van der Waals surface area contributed by atoms with Crippen LogP contribution in [0.2, 0.25) is 0 Å². The van der Waals surface area contributed by atoms with Gasteiger partial charge in [0.15, 0.2) is 5.78 Å². The smallest absolute Gasteiger partial charge is 0.313 e. The van der Waals surface area contributed by atoms with E-state index in [4.69, 9.17) is 0 Å². The van der Waals surface area contributed by atoms with Crippen LogP contribution in [0, 0.1) is 0 Å². The topological polar surface area (TPSA) is 103 Å². The van der Waals surface area contributed by atoms with Crippen LogP contribution < -0.4 is 5.32 Å². The fourth-order valence-corrected chi connectivity index (χ4v) is 3.62. The molecule has 1 aliphatic heterocycles. The Morgan fingerprint density at radius 2 is 1.58 bits per heavy atom. The average Bonchev–Trinajstić information content (AvgIpc) is 3.22. The van der Waals surface area contributed by atoms with Gasteiger partial charge in [-0.1, -0.05) is 30.3 Å². The molecule has 3 aromatic rings. The van der Waals surface area contributed by atoms with Gasteiger partial charge in [0.2, 0.25) is 0 Å². The van der Waals surface area contributed by atoms with Gasteiger partial charge in [-0.25, -0.2) is 0 Å². The molecule has 0 aliphatic carbocycles. The van der Waals surface area contributed by atoms with E-state index >= 15 is 0 Å². The third-order valence-electron chi connectivity index (χ3n) is 5.34. The van der Waals surface area contributed by atoms with Crippen molar-refractivity contribution in [2.45, 2.75) is 6.92 Å². The number of anilines is 1. The van der Waals surface area contributed by atoms with Crippen molar-refractivity contribution in [3.05, 3.63) is 65.9 Å². The first-order valence-corrected chi connectivity index (χ1v) is 10.0. The second-order valence-electron chi connectivity index (χ2n) is 7.45. The first kappa shape index (κ1) is 20.3. The van der Waals surface area contributed by atoms with Crippen molar-refractivity contribution in [2.75, 3.05) is 31.5 Å². The lowest BCUT2D eigenvalue weighted by Gasteiger charge is -2.34. The summed E-state index contributed by atoms with van der Waals surface area (Å²) >= 11 is 0. The Kier molecular flexibility index (Phi) is 5.53. The summed E-state index contributed by atoms with van der Waals surface area (Å²) in [4.78, 5) is 55.4. The molecule has 4 rings (SSSR count). The Balaban J connectivity index is 1.35. The highest BCUT2D eigenvalue weighted by Crippen LogP contribution is 2.17. The summed E-state index contributed by atoms with van der Waals surface area (Å²) in [6, 6.07) is 15.9. The van der Waals surface area contributed by atoms with E-state index in [1.165, 1.54) is 17.9 Å². The number of H-pyrrole nitrogens is 1. The number of hydrogen-bond acceptors (Lipinski definition) is 4. The number of aromatic amines is 1. The number of hydrogen-bond donors (Lipinski definition) is 2. The molecule has 158 valence electrons. The van der Waals surface area contributed by atoms with Crippen molar-refractivity contribution in [2.24, 2.45) is 0 Å². The number of benzene rings is 2. The lowest BCUT2D eigenvalue weighted by molar-refractivity contribution is -0.144. The van der Waals surface area contributed by atoms with Gasteiger partial charge in [-0.2, -0.15) is 0 Å². The molecule has 2 aromatic carbocycles. The summed E-state index contributed by atoms with van der Waals surface area (Å²) in [5.74, 6) is -1.69. The SMILES string of the molecule is CC(=O)c1cccc(NC(=O)C(=O)N2CCN(C(=O)c3cc4ccccc4[nH]3)CC2)c1. The van der Waals surface area contributed by atoms with E-state index in [0.29, 0.717) is 30.0 Å². The molecule has 1 saturated heterocycles. The van der Waals surface area contributed by atoms with Gasteiger partial charge in [0.05, 0.1) is 0 Å². The van der Waals surface area contributed by atoms with E-state index in [-0.39, 0.29) is 24.8 Å². The number of nitrogens with one attached hydrogen (secondary N) is 2. The maximum absolute atomic E-state index is 12.8. The molecular weight excluding hydrogens is 396 g/mol. The van der Waals surface area contributed by atoms with Gasteiger partial charge in [-0.15, -0.1) is 0 Å². The normalized spacial score (nSPS) is 13.8. The minimum Gasteiger partial charge on any atom is -0.351 e. The van der Waals surface area contributed by atoms with E-state index < -0.39 is 11.8 Å². The third kappa shape index (κ3) is 4.32. The molecule has 3 amide bonds. The van der Waals surface area contributed by atoms with Gasteiger partial charge in [-0.3, -0.25) is 19.2 Å². The van der Waals surface area contributed by atoms with Gasteiger partial charge < -0.3 is 20.1 Å². The predicted molar refractivity (Wildman–Crippen MR) is 116 cm³/mol. The Hall–Kier alpha value is -3.94. The maximum atomic E-state index is 12.8. The molecule has 1 aliphatic rings. The second-order valence-corrected chi connectivity index (χ2v) is 7.45. The Morgan fingerprint density at radius 1 is 0.871 bits per heavy atom. The molecule has 0 atom stereocenters. The highest BCUT2D eigenvalue weighted by molar-refractivity contribution is 6.39. The molecule has 8 nitrogen and oxygen atoms in total. The Bertz CT molecular complexity index is 1140. The van der Waals surface area contributed by atoms with Crippen molar-refractivity contribution in [1.29, 1.82) is 0 Å². The number of para-hydroxylation sites is 1. The van der Waals surface area contributed by atoms with Crippen LogP contribution in [0.4, 0.5) is 5.69 Å². The number of carbonyl (C=O) groups excluding carboxylic acids is 4. The summed E-state index contributed by atoms with van der Waals surface area (Å²) < 4.78 is 0. The van der Waals surface area contributed by atoms with Crippen LogP contribution in [-0.2, 0) is 9.59 Å². The molecular formula is C23H22N4O4. The average molecular weight is 418 g/mol. The van der Waals surface area contributed by atoms with Crippen LogP contribution in [-0.4, -0.2) is 64.5 Å². The highest BCUT2D eigenvalue weighted by Gasteiger charge is 2.29. The van der Waals surface area contributed by atoms with E-state index in [0.717, 1.165) is 10.9 Å². The molecule has 2 heterocycles. The van der Waals surface area contributed by atoms with Crippen molar-refractivity contribution >= 4 is 40.1 Å². The number of aromatic nitrogens is 1. The molecule has 0 unspecified atom stereocenters. The maximum Gasteiger partial charge on any atom is 0.313 e. The number of nitrogens with zero attached hydrogens (tertiary/aromatic N) is 2. The van der Waals surface area contributed by atoms with E-state index in [2.05, 4.69) is 10.3 Å². The third-order valence-corrected chi connectivity index (χ3v) is 5.34. The number of carbonyl (C=O) groups is 4. The zero-order valence-electron chi connectivity index (χ0n) is 17.1. The van der Waals surface area contributed by atoms with Crippen LogP contribution in [0.25, 0.3) is 10.9 Å². The highest BCUT2D eigenvalue weighted by atomic mass is 16.2. The predicted octanol–water partition coefficient (Wildman–Crippen LogP) is 2.29. The van der Waals surface area contributed by atoms with Crippen molar-refractivity contribution in [1.82, 2.24) is 14.8 Å². The Labute approximate surface area is 178 Å². The molecule has 0 radical (unpaired) electrons. The zero-order chi connectivity index (χ0) is 22.0. The first-order chi connectivity index (χ1) is 14.9. The quantitative estimate of drug-likeness (QED) is 0.503. The van der Waals surface area contributed by atoms with E-state index in [1.807, 2.05) is 30.3 Å². The molecule has 0 spiro atoms. The molecule has 0 saturated carbocycles. The fraction of sp³-hybridized carbons (Fsp3) is 0.217. The molecule has 1 fully saturated rings. The molecule has 2 N–H and O–H groups in total. The number of piperazine rings is 1. The van der Waals surface area contributed by atoms with Gasteiger partial charge in [0, 0.05) is 48.3 Å². The zero-order valence-corrected chi connectivity index (χ0v) is 17.1. The van der Waals surface area contributed by atoms with Gasteiger partial charge in [0.25, 0.3) is 5.91 Å². The lowest BCUT2D eigenvalue weighted by atomic mass is 10.1. The molecule has 8 heteroatoms. The monoisotopic (exact) mass is 418 g/mol. The van der Waals surface area contributed by atoms with Crippen LogP contribution >= 0.6 is 0 Å². The minimum atomic E-state index is -0.768. The molecule has 31 heavy (non-hydrogen) atoms. The summed E-state index contributed by atoms with van der Waals surface area (Å²) in [6.07, 6.45) is 0. The number of ketones is 1. The van der Waals surface area contributed by atoms with E-state index in [9.17, 15) is 19.2 Å². The van der Waals surface area contributed by atoms with Crippen LogP contribution in [0.5, 0.6) is 0 Å². The summed E-state index contributed by atoms with van der Waals surface area (Å²) in [5, 5.41) is 3.50. The lowest BCUT2D eigenvalue weighted by Crippen LogP contribution is -2.53. The number of amides is 3. The van der Waals surface area contributed by atoms with Crippen molar-refractivity contribution in [3.8, 4) is 0 Å². The first-order valence-electron chi connectivity index (χ1n) is 10.0. The molecule has 0 bridgehead atoms. The van der Waals surface area contributed by atoms with Crippen molar-refractivity contribution < 1.29 is 19.2 Å². The van der Waals surface area contributed by atoms with E-state index in [1.54, 1.807) is 23.1 Å². The van der Waals surface area contributed by atoms with Crippen LogP contribution in [0.3, 0.4) is 0 Å².